The van der Waals surface area contributed by atoms with Crippen molar-refractivity contribution in [1.29, 1.82) is 0 Å². The molecule has 5 atom stereocenters. The highest BCUT2D eigenvalue weighted by Crippen LogP contribution is 2.42. The quantitative estimate of drug-likeness (QED) is 0.585. The third kappa shape index (κ3) is 2.02. The average Bonchev–Trinajstić information content (AvgIpc) is 2.46. The molecule has 3 aliphatic rings. The average molecular weight is 232 g/mol. The van der Waals surface area contributed by atoms with Gasteiger partial charge < -0.3 is 4.90 Å². The number of hydrogen-bond acceptors (Lipinski definition) is 2. The highest BCUT2D eigenvalue weighted by molar-refractivity contribution is 6.11. The van der Waals surface area contributed by atoms with Crippen molar-refractivity contribution in [3.8, 4) is 0 Å². The Kier molecular flexibility index (Phi) is 2.96. The molecular formula is C14H25BN2. The van der Waals surface area contributed by atoms with Gasteiger partial charge in [-0.05, 0) is 32.6 Å². The predicted octanol–water partition coefficient (Wildman–Crippen LogP) is 2.25. The Hall–Kier alpha value is -0.465. The van der Waals surface area contributed by atoms with Crippen molar-refractivity contribution in [3.63, 3.8) is 0 Å². The van der Waals surface area contributed by atoms with Crippen molar-refractivity contribution < 1.29 is 0 Å². The van der Waals surface area contributed by atoms with Gasteiger partial charge in [-0.25, -0.2) is 0 Å². The van der Waals surface area contributed by atoms with Gasteiger partial charge >= 0.3 is 0 Å². The Bertz CT molecular complexity index is 328. The van der Waals surface area contributed by atoms with Crippen LogP contribution in [0.2, 0.25) is 5.82 Å². The Morgan fingerprint density at radius 2 is 2.06 bits per heavy atom. The zero-order chi connectivity index (χ0) is 12.0. The lowest BCUT2D eigenvalue weighted by molar-refractivity contribution is 0.195. The van der Waals surface area contributed by atoms with Crippen molar-refractivity contribution in [2.24, 2.45) is 10.9 Å². The summed E-state index contributed by atoms with van der Waals surface area (Å²) < 4.78 is 0. The Morgan fingerprint density at radius 3 is 2.88 bits per heavy atom. The second-order valence-corrected chi connectivity index (χ2v) is 6.69. The maximum atomic E-state index is 4.92. The van der Waals surface area contributed by atoms with Crippen LogP contribution in [0.4, 0.5) is 0 Å². The number of nitrogens with zero attached hydrogens (tertiary/aromatic N) is 2. The topological polar surface area (TPSA) is 15.6 Å². The van der Waals surface area contributed by atoms with Crippen LogP contribution in [0.5, 0.6) is 0 Å². The van der Waals surface area contributed by atoms with E-state index in [-0.39, 0.29) is 0 Å². The van der Waals surface area contributed by atoms with Gasteiger partial charge in [0.2, 0.25) is 0 Å². The van der Waals surface area contributed by atoms with E-state index >= 15 is 0 Å². The second-order valence-electron chi connectivity index (χ2n) is 6.69. The molecule has 2 nitrogen and oxygen atoms in total. The zero-order valence-corrected chi connectivity index (χ0v) is 11.5. The first-order chi connectivity index (χ1) is 8.15. The van der Waals surface area contributed by atoms with Gasteiger partial charge in [0, 0.05) is 18.5 Å². The molecule has 1 aliphatic carbocycles. The molecule has 0 radical (unpaired) electrons. The fourth-order valence-electron chi connectivity index (χ4n) is 4.43. The SMILES string of the molecule is BC1CCCC2C(CC3=NC(C)CC(C)N32)C1. The van der Waals surface area contributed by atoms with Crippen molar-refractivity contribution in [1.82, 2.24) is 4.90 Å². The third-order valence-electron chi connectivity index (χ3n) is 5.07. The molecule has 1 saturated heterocycles. The summed E-state index contributed by atoms with van der Waals surface area (Å²) in [5, 5.41) is 0. The number of rotatable bonds is 0. The Balaban J connectivity index is 1.85. The van der Waals surface area contributed by atoms with Crippen molar-refractivity contribution in [3.05, 3.63) is 0 Å². The van der Waals surface area contributed by atoms with Gasteiger partial charge in [0.25, 0.3) is 0 Å². The molecule has 0 aromatic rings. The summed E-state index contributed by atoms with van der Waals surface area (Å²) in [5.41, 5.74) is 0. The minimum absolute atomic E-state index is 0.552. The number of amidine groups is 1. The minimum Gasteiger partial charge on any atom is -0.354 e. The molecule has 17 heavy (non-hydrogen) atoms. The molecule has 2 heterocycles. The molecule has 2 fully saturated rings. The fourth-order valence-corrected chi connectivity index (χ4v) is 4.43. The van der Waals surface area contributed by atoms with Crippen LogP contribution in [0.3, 0.4) is 0 Å². The molecule has 3 heteroatoms. The van der Waals surface area contributed by atoms with Gasteiger partial charge in [0.15, 0.2) is 0 Å². The highest BCUT2D eigenvalue weighted by Gasteiger charge is 2.43. The van der Waals surface area contributed by atoms with Crippen LogP contribution in [-0.4, -0.2) is 36.7 Å². The summed E-state index contributed by atoms with van der Waals surface area (Å²) in [4.78, 5) is 7.61. The Labute approximate surface area is 106 Å². The van der Waals surface area contributed by atoms with Gasteiger partial charge in [-0.15, -0.1) is 0 Å². The van der Waals surface area contributed by atoms with Crippen LogP contribution in [0, 0.1) is 5.92 Å². The van der Waals surface area contributed by atoms with Crippen LogP contribution < -0.4 is 0 Å². The zero-order valence-electron chi connectivity index (χ0n) is 11.5. The molecule has 0 spiro atoms. The maximum Gasteiger partial charge on any atom is 0.105 e. The fraction of sp³-hybridized carbons (Fsp3) is 0.929. The van der Waals surface area contributed by atoms with E-state index in [1.807, 2.05) is 0 Å². The molecular weight excluding hydrogens is 207 g/mol. The molecule has 5 unspecified atom stereocenters. The molecule has 0 amide bonds. The Morgan fingerprint density at radius 1 is 1.24 bits per heavy atom. The summed E-state index contributed by atoms with van der Waals surface area (Å²) in [6.45, 7) is 4.68. The molecule has 94 valence electrons. The third-order valence-corrected chi connectivity index (χ3v) is 5.07. The normalized spacial score (nSPS) is 45.9. The van der Waals surface area contributed by atoms with Crippen LogP contribution in [0.25, 0.3) is 0 Å². The lowest BCUT2D eigenvalue weighted by Gasteiger charge is -2.38. The monoisotopic (exact) mass is 232 g/mol. The molecule has 0 aromatic heterocycles. The largest absolute Gasteiger partial charge is 0.354 e. The first-order valence-corrected chi connectivity index (χ1v) is 7.50. The van der Waals surface area contributed by atoms with E-state index in [0.29, 0.717) is 6.04 Å². The number of aliphatic imine (C=N–C) groups is 1. The van der Waals surface area contributed by atoms with E-state index in [9.17, 15) is 0 Å². The van der Waals surface area contributed by atoms with Crippen LogP contribution >= 0.6 is 0 Å². The van der Waals surface area contributed by atoms with Gasteiger partial charge in [-0.2, -0.15) is 0 Å². The number of fused-ring (bicyclic) bond motifs is 3. The van der Waals surface area contributed by atoms with E-state index in [0.717, 1.165) is 23.8 Å². The first-order valence-electron chi connectivity index (χ1n) is 7.50. The number of hydrogen-bond donors (Lipinski definition) is 0. The van der Waals surface area contributed by atoms with Crippen LogP contribution in [0.15, 0.2) is 4.99 Å². The summed E-state index contributed by atoms with van der Waals surface area (Å²) in [6, 6.07) is 2.10. The van der Waals surface area contributed by atoms with Gasteiger partial charge in [-0.1, -0.05) is 25.1 Å². The molecule has 3 rings (SSSR count). The summed E-state index contributed by atoms with van der Waals surface area (Å²) >= 11 is 0. The molecule has 2 aliphatic heterocycles. The van der Waals surface area contributed by atoms with Crippen molar-refractivity contribution in [2.75, 3.05) is 0 Å². The molecule has 1 saturated carbocycles. The predicted molar refractivity (Wildman–Crippen MR) is 75.5 cm³/mol. The van der Waals surface area contributed by atoms with E-state index < -0.39 is 0 Å². The van der Waals surface area contributed by atoms with Gasteiger partial charge in [0.05, 0.1) is 6.04 Å². The van der Waals surface area contributed by atoms with E-state index in [1.54, 1.807) is 0 Å². The van der Waals surface area contributed by atoms with Gasteiger partial charge in [0.1, 0.15) is 13.7 Å². The van der Waals surface area contributed by atoms with E-state index in [1.165, 1.54) is 44.4 Å². The first kappa shape index (κ1) is 11.6. The highest BCUT2D eigenvalue weighted by atomic mass is 15.3. The van der Waals surface area contributed by atoms with Crippen molar-refractivity contribution >= 4 is 13.7 Å². The smallest absolute Gasteiger partial charge is 0.105 e. The van der Waals surface area contributed by atoms with E-state index in [4.69, 9.17) is 4.99 Å². The molecule has 0 bridgehead atoms. The van der Waals surface area contributed by atoms with Crippen molar-refractivity contribution in [2.45, 2.75) is 76.3 Å². The standard InChI is InChI=1S/C14H25BN2/c1-9-6-10(2)17-13-5-3-4-12(15)7-11(13)8-14(17)16-9/h9-13H,3-8,15H2,1-2H3. The second kappa shape index (κ2) is 4.33. The molecule has 0 aromatic carbocycles. The van der Waals surface area contributed by atoms with Crippen LogP contribution in [-0.2, 0) is 0 Å². The van der Waals surface area contributed by atoms with E-state index in [2.05, 4.69) is 26.6 Å². The lowest BCUT2D eigenvalue weighted by atomic mass is 9.78. The van der Waals surface area contributed by atoms with Crippen LogP contribution in [0.1, 0.15) is 52.4 Å². The lowest BCUT2D eigenvalue weighted by Crippen LogP contribution is -2.45. The molecule has 0 N–H and O–H groups in total. The summed E-state index contributed by atoms with van der Waals surface area (Å²) in [7, 11) is 2.44. The van der Waals surface area contributed by atoms with Gasteiger partial charge in [-0.3, -0.25) is 4.99 Å². The summed E-state index contributed by atoms with van der Waals surface area (Å²) in [5.74, 6) is 3.28. The maximum absolute atomic E-state index is 4.92. The minimum atomic E-state index is 0.552. The summed E-state index contributed by atoms with van der Waals surface area (Å²) in [6.07, 6.45) is 8.23.